The zero-order chi connectivity index (χ0) is 25.2. The Labute approximate surface area is 210 Å². The van der Waals surface area contributed by atoms with Crippen molar-refractivity contribution in [1.82, 2.24) is 19.5 Å². The molecule has 0 bridgehead atoms. The van der Waals surface area contributed by atoms with E-state index in [1.54, 1.807) is 0 Å². The summed E-state index contributed by atoms with van der Waals surface area (Å²) >= 11 is 0. The molecule has 36 heavy (non-hydrogen) atoms. The van der Waals surface area contributed by atoms with Crippen LogP contribution in [0.2, 0.25) is 0 Å². The van der Waals surface area contributed by atoms with Crippen LogP contribution in [-0.2, 0) is 12.8 Å². The summed E-state index contributed by atoms with van der Waals surface area (Å²) in [6, 6.07) is 10.7. The molecule has 1 aliphatic heterocycles. The molecule has 4 aromatic rings. The van der Waals surface area contributed by atoms with E-state index in [4.69, 9.17) is 10.7 Å². The monoisotopic (exact) mass is 486 g/mol. The van der Waals surface area contributed by atoms with Crippen LogP contribution in [0.1, 0.15) is 50.8 Å². The summed E-state index contributed by atoms with van der Waals surface area (Å²) in [4.78, 5) is 13.4. The van der Waals surface area contributed by atoms with Gasteiger partial charge in [-0.2, -0.15) is 0 Å². The Balaban J connectivity index is 1.18. The molecule has 188 valence electrons. The lowest BCUT2D eigenvalue weighted by Gasteiger charge is -2.26. The molecule has 8 nitrogen and oxygen atoms in total. The van der Waals surface area contributed by atoms with Crippen LogP contribution in [0.5, 0.6) is 0 Å². The number of aliphatic hydroxyl groups is 2. The van der Waals surface area contributed by atoms with Crippen LogP contribution in [0.3, 0.4) is 0 Å². The first kappa shape index (κ1) is 23.2. The maximum atomic E-state index is 10.9. The topological polar surface area (TPSA) is 122 Å². The Morgan fingerprint density at radius 3 is 2.75 bits per heavy atom. The molecule has 8 heteroatoms. The van der Waals surface area contributed by atoms with E-state index in [0.29, 0.717) is 23.9 Å². The van der Waals surface area contributed by atoms with E-state index < -0.39 is 12.2 Å². The fourth-order valence-electron chi connectivity index (χ4n) is 5.92. The van der Waals surface area contributed by atoms with Crippen LogP contribution in [-0.4, -0.2) is 48.0 Å². The third-order valence-corrected chi connectivity index (χ3v) is 8.21. The molecule has 0 radical (unpaired) electrons. The average molecular weight is 487 g/mol. The van der Waals surface area contributed by atoms with E-state index in [1.807, 2.05) is 16.8 Å². The summed E-state index contributed by atoms with van der Waals surface area (Å²) in [5.41, 5.74) is 10.3. The Bertz CT molecular complexity index is 1440. The predicted octanol–water partition coefficient (Wildman–Crippen LogP) is 3.86. The molecule has 2 aliphatic rings. The summed E-state index contributed by atoms with van der Waals surface area (Å²) in [5, 5.41) is 27.3. The number of nitrogen functional groups attached to an aromatic ring is 1. The number of nitrogens with two attached hydrogens (primary N) is 1. The van der Waals surface area contributed by atoms with Crippen molar-refractivity contribution in [3.63, 3.8) is 0 Å². The first-order valence-electron chi connectivity index (χ1n) is 12.8. The Kier molecular flexibility index (Phi) is 5.42. The molecule has 1 aliphatic carbocycles. The summed E-state index contributed by atoms with van der Waals surface area (Å²) in [6.07, 6.45) is 4.95. The second-order valence-corrected chi connectivity index (χ2v) is 11.6. The number of aryl methyl sites for hydroxylation is 1. The van der Waals surface area contributed by atoms with Crippen molar-refractivity contribution in [2.45, 2.75) is 70.7 Å². The van der Waals surface area contributed by atoms with E-state index in [2.05, 4.69) is 60.3 Å². The Morgan fingerprint density at radius 1 is 1.11 bits per heavy atom. The quantitative estimate of drug-likeness (QED) is 0.345. The number of aromatic nitrogens is 4. The van der Waals surface area contributed by atoms with Gasteiger partial charge in [0.15, 0.2) is 0 Å². The van der Waals surface area contributed by atoms with E-state index in [1.165, 1.54) is 17.5 Å². The van der Waals surface area contributed by atoms with Gasteiger partial charge in [-0.3, -0.25) is 0 Å². The van der Waals surface area contributed by atoms with E-state index in [9.17, 15) is 10.2 Å². The van der Waals surface area contributed by atoms with Gasteiger partial charge >= 0.3 is 0 Å². The number of hydrogen-bond acceptors (Lipinski definition) is 7. The minimum Gasteiger partial charge on any atom is -0.390 e. The number of pyridine rings is 1. The molecule has 1 fully saturated rings. The molecule has 0 saturated heterocycles. The lowest BCUT2D eigenvalue weighted by Crippen LogP contribution is -2.31. The van der Waals surface area contributed by atoms with Crippen molar-refractivity contribution in [3.05, 3.63) is 54.0 Å². The second-order valence-electron chi connectivity index (χ2n) is 11.6. The van der Waals surface area contributed by atoms with Gasteiger partial charge < -0.3 is 25.8 Å². The molecular formula is C28H34N6O2. The molecule has 1 aromatic carbocycles. The van der Waals surface area contributed by atoms with Crippen LogP contribution in [0.15, 0.2) is 42.9 Å². The number of aliphatic hydroxyl groups excluding tert-OH is 2. The third kappa shape index (κ3) is 3.89. The van der Waals surface area contributed by atoms with Crippen molar-refractivity contribution in [2.75, 3.05) is 11.1 Å². The maximum absolute atomic E-state index is 10.9. The standard InChI is InChI=1S/C28H34N6O2/c1-28(2,3)22-13-18-11-16-6-4-15(10-20(16)32-26(18)33-22)5-7-17-12-21(24(36)23(17)35)34-9-8-19-25(29)30-14-31-27(19)34/h4,6,8-11,14,17,21-24,35-36H,5,7,12-13H2,1-3H3,(H,32,33)(H2,29,30,31)/t17-,21+,22-,23+,24-/m0/s1. The lowest BCUT2D eigenvalue weighted by atomic mass is 9.85. The first-order chi connectivity index (χ1) is 17.2. The van der Waals surface area contributed by atoms with Gasteiger partial charge in [-0.05, 0) is 66.3 Å². The molecule has 5 atom stereocenters. The number of nitrogens with one attached hydrogen (secondary N) is 1. The molecule has 0 unspecified atom stereocenters. The number of nitrogens with zero attached hydrogens (tertiary/aromatic N) is 4. The molecule has 0 spiro atoms. The van der Waals surface area contributed by atoms with E-state index >= 15 is 0 Å². The summed E-state index contributed by atoms with van der Waals surface area (Å²) in [6.45, 7) is 6.78. The predicted molar refractivity (Wildman–Crippen MR) is 142 cm³/mol. The highest BCUT2D eigenvalue weighted by molar-refractivity contribution is 5.86. The molecular weight excluding hydrogens is 452 g/mol. The van der Waals surface area contributed by atoms with Crippen molar-refractivity contribution in [3.8, 4) is 0 Å². The maximum Gasteiger partial charge on any atom is 0.145 e. The largest absolute Gasteiger partial charge is 0.390 e. The SMILES string of the molecule is CC(C)(C)[C@@H]1Cc2cc3ccc(CC[C@H]4C[C@@H](n5ccc6c(N)ncnc65)[C@H](O)[C@@H]4O)cc3nc2N1. The van der Waals surface area contributed by atoms with Gasteiger partial charge in [0, 0.05) is 17.6 Å². The third-order valence-electron chi connectivity index (χ3n) is 8.21. The van der Waals surface area contributed by atoms with Crippen LogP contribution in [0, 0.1) is 11.3 Å². The van der Waals surface area contributed by atoms with Crippen molar-refractivity contribution >= 4 is 33.6 Å². The minimum atomic E-state index is -0.857. The van der Waals surface area contributed by atoms with Gasteiger partial charge in [0.1, 0.15) is 29.7 Å². The highest BCUT2D eigenvalue weighted by Crippen LogP contribution is 2.40. The fourth-order valence-corrected chi connectivity index (χ4v) is 5.92. The zero-order valence-electron chi connectivity index (χ0n) is 21.0. The Hall–Kier alpha value is -3.23. The van der Waals surface area contributed by atoms with Gasteiger partial charge in [0.05, 0.1) is 23.0 Å². The van der Waals surface area contributed by atoms with E-state index in [-0.39, 0.29) is 17.4 Å². The minimum absolute atomic E-state index is 0.0143. The highest BCUT2D eigenvalue weighted by atomic mass is 16.3. The molecule has 3 aromatic heterocycles. The molecule has 1 saturated carbocycles. The summed E-state index contributed by atoms with van der Waals surface area (Å²) in [5.74, 6) is 1.41. The van der Waals surface area contributed by atoms with Crippen molar-refractivity contribution in [1.29, 1.82) is 0 Å². The number of fused-ring (bicyclic) bond motifs is 3. The lowest BCUT2D eigenvalue weighted by molar-refractivity contribution is 0.00545. The Morgan fingerprint density at radius 2 is 1.94 bits per heavy atom. The van der Waals surface area contributed by atoms with E-state index in [0.717, 1.165) is 41.4 Å². The van der Waals surface area contributed by atoms with Crippen LogP contribution < -0.4 is 11.1 Å². The smallest absolute Gasteiger partial charge is 0.145 e. The molecule has 4 heterocycles. The molecule has 6 rings (SSSR count). The highest BCUT2D eigenvalue weighted by Gasteiger charge is 2.42. The van der Waals surface area contributed by atoms with Gasteiger partial charge in [0.2, 0.25) is 0 Å². The molecule has 5 N–H and O–H groups in total. The van der Waals surface area contributed by atoms with Crippen molar-refractivity contribution < 1.29 is 10.2 Å². The van der Waals surface area contributed by atoms with Gasteiger partial charge in [-0.25, -0.2) is 15.0 Å². The summed E-state index contributed by atoms with van der Waals surface area (Å²) < 4.78 is 1.93. The zero-order valence-corrected chi connectivity index (χ0v) is 21.0. The van der Waals surface area contributed by atoms with Crippen molar-refractivity contribution in [2.24, 2.45) is 11.3 Å². The fraction of sp³-hybridized carbons (Fsp3) is 0.464. The number of anilines is 2. The van der Waals surface area contributed by atoms with Crippen LogP contribution in [0.25, 0.3) is 21.9 Å². The average Bonchev–Trinajstić information content (AvgIpc) is 3.53. The molecule has 0 amide bonds. The first-order valence-corrected chi connectivity index (χ1v) is 12.8. The van der Waals surface area contributed by atoms with Gasteiger partial charge in [0.25, 0.3) is 0 Å². The number of benzene rings is 1. The van der Waals surface area contributed by atoms with Gasteiger partial charge in [-0.1, -0.05) is 32.9 Å². The van der Waals surface area contributed by atoms with Crippen LogP contribution in [0.4, 0.5) is 11.6 Å². The van der Waals surface area contributed by atoms with Crippen LogP contribution >= 0.6 is 0 Å². The number of hydrogen-bond donors (Lipinski definition) is 4. The summed E-state index contributed by atoms with van der Waals surface area (Å²) in [7, 11) is 0. The van der Waals surface area contributed by atoms with Gasteiger partial charge in [-0.15, -0.1) is 0 Å². The second kappa shape index (κ2) is 8.42. The number of rotatable bonds is 4. The normalized spacial score (nSPS) is 26.0.